The number of halogens is 1. The average Bonchev–Trinajstić information content (AvgIpc) is 2.88. The summed E-state index contributed by atoms with van der Waals surface area (Å²) in [5, 5.41) is 7.43. The number of nitrogens with zero attached hydrogens (tertiary/aromatic N) is 1. The van der Waals surface area contributed by atoms with E-state index in [0.29, 0.717) is 5.56 Å². The van der Waals surface area contributed by atoms with Crippen LogP contribution in [-0.4, -0.2) is 31.1 Å². The molecule has 0 aromatic heterocycles. The van der Waals surface area contributed by atoms with Crippen LogP contribution < -0.4 is 5.73 Å². The molecule has 0 spiro atoms. The monoisotopic (exact) mass is 313 g/mol. The summed E-state index contributed by atoms with van der Waals surface area (Å²) in [6.45, 7) is 1.44. The quantitative estimate of drug-likeness (QED) is 0.644. The minimum absolute atomic E-state index is 0.0806. The van der Waals surface area contributed by atoms with Crippen molar-refractivity contribution in [1.29, 1.82) is 5.41 Å². The first kappa shape index (κ1) is 15.9. The summed E-state index contributed by atoms with van der Waals surface area (Å²) >= 11 is 0. The van der Waals surface area contributed by atoms with Gasteiger partial charge in [-0.3, -0.25) is 5.41 Å². The molecule has 0 atom stereocenters. The largest absolute Gasteiger partial charge is 0.387 e. The fourth-order valence-electron chi connectivity index (χ4n) is 2.80. The van der Waals surface area contributed by atoms with Crippen molar-refractivity contribution in [3.8, 4) is 0 Å². The zero-order valence-electron chi connectivity index (χ0n) is 12.0. The number of amidine groups is 1. The van der Waals surface area contributed by atoms with Gasteiger partial charge in [-0.25, -0.2) is 12.8 Å². The van der Waals surface area contributed by atoms with Crippen LogP contribution in [0.3, 0.4) is 0 Å². The van der Waals surface area contributed by atoms with Crippen molar-refractivity contribution in [3.05, 3.63) is 29.6 Å². The van der Waals surface area contributed by atoms with Gasteiger partial charge in [0.25, 0.3) is 0 Å². The lowest BCUT2D eigenvalue weighted by Gasteiger charge is -2.28. The van der Waals surface area contributed by atoms with Crippen LogP contribution in [0.5, 0.6) is 0 Å². The average molecular weight is 313 g/mol. The topological polar surface area (TPSA) is 87.2 Å². The first-order valence-electron chi connectivity index (χ1n) is 6.93. The lowest BCUT2D eigenvalue weighted by atomic mass is 10.2. The lowest BCUT2D eigenvalue weighted by molar-refractivity contribution is 0.353. The number of nitrogens with two attached hydrogens (primary N) is 1. The van der Waals surface area contributed by atoms with Crippen molar-refractivity contribution in [2.75, 3.05) is 6.54 Å². The smallest absolute Gasteiger partial charge is 0.244 e. The van der Waals surface area contributed by atoms with Crippen LogP contribution in [0.15, 0.2) is 23.1 Å². The third kappa shape index (κ3) is 3.41. The Hall–Kier alpha value is -1.47. The number of hydrogen-bond donors (Lipinski definition) is 2. The summed E-state index contributed by atoms with van der Waals surface area (Å²) < 4.78 is 40.2. The van der Waals surface area contributed by atoms with Gasteiger partial charge in [0.15, 0.2) is 0 Å². The Morgan fingerprint density at radius 2 is 2.05 bits per heavy atom. The molecule has 1 saturated carbocycles. The molecule has 3 N–H and O–H groups in total. The van der Waals surface area contributed by atoms with E-state index in [-0.39, 0.29) is 23.3 Å². The van der Waals surface area contributed by atoms with Crippen LogP contribution in [0.4, 0.5) is 4.39 Å². The van der Waals surface area contributed by atoms with Crippen LogP contribution in [-0.2, 0) is 10.0 Å². The van der Waals surface area contributed by atoms with Gasteiger partial charge in [0, 0.05) is 6.04 Å². The van der Waals surface area contributed by atoms with E-state index >= 15 is 0 Å². The van der Waals surface area contributed by atoms with Crippen LogP contribution in [0.2, 0.25) is 0 Å². The van der Waals surface area contributed by atoms with Crippen molar-refractivity contribution in [3.63, 3.8) is 0 Å². The standard InChI is InChI=1S/C14H20FN3O2S/c1-10-8-11(15)6-7-13(10)21(19,20)18(9-14(16)17)12-4-2-3-5-12/h6-8,12H,2-5,9H2,1H3,(H3,16,17). The van der Waals surface area contributed by atoms with Gasteiger partial charge in [-0.2, -0.15) is 4.31 Å². The maximum atomic E-state index is 13.2. The molecule has 0 saturated heterocycles. The predicted molar refractivity (Wildman–Crippen MR) is 79.2 cm³/mol. The molecule has 1 fully saturated rings. The molecule has 0 unspecified atom stereocenters. The molecule has 1 aliphatic carbocycles. The lowest BCUT2D eigenvalue weighted by Crippen LogP contribution is -2.44. The number of hydrogen-bond acceptors (Lipinski definition) is 3. The predicted octanol–water partition coefficient (Wildman–Crippen LogP) is 2.00. The highest BCUT2D eigenvalue weighted by Crippen LogP contribution is 2.29. The minimum Gasteiger partial charge on any atom is -0.387 e. The number of aryl methyl sites for hydroxylation is 1. The number of sulfonamides is 1. The molecule has 21 heavy (non-hydrogen) atoms. The summed E-state index contributed by atoms with van der Waals surface area (Å²) in [5.41, 5.74) is 5.78. The molecule has 0 heterocycles. The molecule has 116 valence electrons. The van der Waals surface area contributed by atoms with Gasteiger partial charge >= 0.3 is 0 Å². The second-order valence-corrected chi connectivity index (χ2v) is 7.28. The van der Waals surface area contributed by atoms with E-state index in [9.17, 15) is 12.8 Å². The number of benzene rings is 1. The van der Waals surface area contributed by atoms with Gasteiger partial charge < -0.3 is 5.73 Å². The third-order valence-corrected chi connectivity index (χ3v) is 5.84. The maximum absolute atomic E-state index is 13.2. The Kier molecular flexibility index (Phi) is 4.63. The third-order valence-electron chi connectivity index (χ3n) is 3.78. The van der Waals surface area contributed by atoms with Crippen LogP contribution in [0.1, 0.15) is 31.2 Å². The maximum Gasteiger partial charge on any atom is 0.244 e. The van der Waals surface area contributed by atoms with Crippen LogP contribution in [0.25, 0.3) is 0 Å². The normalized spacial score (nSPS) is 16.5. The fraction of sp³-hybridized carbons (Fsp3) is 0.500. The van der Waals surface area contributed by atoms with Crippen molar-refractivity contribution in [1.82, 2.24) is 4.31 Å². The van der Waals surface area contributed by atoms with Crippen molar-refractivity contribution in [2.24, 2.45) is 5.73 Å². The molecule has 2 rings (SSSR count). The van der Waals surface area contributed by atoms with Gasteiger partial charge in [0.05, 0.1) is 11.4 Å². The van der Waals surface area contributed by atoms with E-state index in [2.05, 4.69) is 0 Å². The SMILES string of the molecule is Cc1cc(F)ccc1S(=O)(=O)N(CC(=N)N)C1CCCC1. The summed E-state index contributed by atoms with van der Waals surface area (Å²) in [7, 11) is -3.78. The first-order chi connectivity index (χ1) is 9.82. The molecular formula is C14H20FN3O2S. The first-order valence-corrected chi connectivity index (χ1v) is 8.37. The summed E-state index contributed by atoms with van der Waals surface area (Å²) in [5.74, 6) is -0.657. The highest BCUT2D eigenvalue weighted by molar-refractivity contribution is 7.89. The fourth-order valence-corrected chi connectivity index (χ4v) is 4.67. The molecule has 0 radical (unpaired) electrons. The highest BCUT2D eigenvalue weighted by atomic mass is 32.2. The van der Waals surface area contributed by atoms with E-state index in [4.69, 9.17) is 11.1 Å². The summed E-state index contributed by atoms with van der Waals surface area (Å²) in [4.78, 5) is 0.0806. The van der Waals surface area contributed by atoms with Crippen molar-refractivity contribution in [2.45, 2.75) is 43.5 Å². The summed E-state index contributed by atoms with van der Waals surface area (Å²) in [6.07, 6.45) is 3.48. The number of nitrogens with one attached hydrogen (secondary N) is 1. The zero-order valence-corrected chi connectivity index (χ0v) is 12.8. The van der Waals surface area contributed by atoms with Crippen molar-refractivity contribution >= 4 is 15.9 Å². The Morgan fingerprint density at radius 3 is 2.57 bits per heavy atom. The van der Waals surface area contributed by atoms with Gasteiger partial charge in [0.1, 0.15) is 11.7 Å². The van der Waals surface area contributed by atoms with Gasteiger partial charge in [-0.05, 0) is 43.5 Å². The van der Waals surface area contributed by atoms with Crippen LogP contribution >= 0.6 is 0 Å². The summed E-state index contributed by atoms with van der Waals surface area (Å²) in [6, 6.07) is 3.49. The minimum atomic E-state index is -3.78. The van der Waals surface area contributed by atoms with Crippen molar-refractivity contribution < 1.29 is 12.8 Å². The Morgan fingerprint density at radius 1 is 1.43 bits per heavy atom. The molecule has 7 heteroatoms. The molecule has 0 aliphatic heterocycles. The molecule has 1 aromatic carbocycles. The van der Waals surface area contributed by atoms with E-state index in [1.807, 2.05) is 0 Å². The van der Waals surface area contributed by atoms with Gasteiger partial charge in [0.2, 0.25) is 10.0 Å². The Balaban J connectivity index is 2.43. The van der Waals surface area contributed by atoms with Gasteiger partial charge in [-0.15, -0.1) is 0 Å². The second kappa shape index (κ2) is 6.11. The molecule has 1 aromatic rings. The molecule has 0 amide bonds. The number of rotatable bonds is 5. The molecule has 5 nitrogen and oxygen atoms in total. The van der Waals surface area contributed by atoms with Crippen LogP contribution in [0, 0.1) is 18.2 Å². The highest BCUT2D eigenvalue weighted by Gasteiger charge is 2.34. The van der Waals surface area contributed by atoms with E-state index in [1.54, 1.807) is 6.92 Å². The Labute approximate surface area is 124 Å². The second-order valence-electron chi connectivity index (χ2n) is 5.42. The molecule has 0 bridgehead atoms. The zero-order chi connectivity index (χ0) is 15.6. The van der Waals surface area contributed by atoms with Gasteiger partial charge in [-0.1, -0.05) is 12.8 Å². The van der Waals surface area contributed by atoms with E-state index in [0.717, 1.165) is 31.7 Å². The molecule has 1 aliphatic rings. The van der Waals surface area contributed by atoms with E-state index < -0.39 is 15.8 Å². The van der Waals surface area contributed by atoms with E-state index in [1.165, 1.54) is 16.4 Å². The Bertz CT molecular complexity index is 640. The molecular weight excluding hydrogens is 293 g/mol.